The van der Waals surface area contributed by atoms with Crippen LogP contribution in [0.2, 0.25) is 0 Å². The van der Waals surface area contributed by atoms with Gasteiger partial charge in [0, 0.05) is 25.0 Å². The monoisotopic (exact) mass is 276 g/mol. The van der Waals surface area contributed by atoms with E-state index in [1.165, 1.54) is 12.8 Å². The molecule has 2 heterocycles. The molecule has 1 aliphatic heterocycles. The second kappa shape index (κ2) is 5.69. The molecule has 3 N–H and O–H groups in total. The summed E-state index contributed by atoms with van der Waals surface area (Å²) in [5.74, 6) is 0.820. The van der Waals surface area contributed by atoms with Crippen LogP contribution in [-0.2, 0) is 0 Å². The standard InChI is InChI=1S/C15H24N4O/c1-15(2,3)11-5-8-19(9-6-11)12-4-7-17-13(10-12)14(16)18-20/h4,7,10-11,20H,5-6,8-9H2,1-3H3,(H2,16,18). The van der Waals surface area contributed by atoms with Gasteiger partial charge in [-0.1, -0.05) is 25.9 Å². The minimum Gasteiger partial charge on any atom is -0.409 e. The Kier molecular flexibility index (Phi) is 4.16. The molecule has 0 unspecified atom stereocenters. The van der Waals surface area contributed by atoms with Crippen LogP contribution in [0.5, 0.6) is 0 Å². The lowest BCUT2D eigenvalue weighted by Crippen LogP contribution is -2.38. The lowest BCUT2D eigenvalue weighted by molar-refractivity contribution is 0.199. The fourth-order valence-corrected chi connectivity index (χ4v) is 2.81. The third-order valence-electron chi connectivity index (χ3n) is 4.20. The number of anilines is 1. The normalized spacial score (nSPS) is 18.4. The highest BCUT2D eigenvalue weighted by Gasteiger charge is 2.28. The van der Waals surface area contributed by atoms with Crippen LogP contribution in [-0.4, -0.2) is 29.1 Å². The Morgan fingerprint density at radius 3 is 2.60 bits per heavy atom. The number of amidine groups is 1. The third kappa shape index (κ3) is 3.21. The van der Waals surface area contributed by atoms with Gasteiger partial charge < -0.3 is 15.8 Å². The molecule has 0 aromatic carbocycles. The van der Waals surface area contributed by atoms with Crippen molar-refractivity contribution in [1.82, 2.24) is 4.98 Å². The topological polar surface area (TPSA) is 74.7 Å². The zero-order chi connectivity index (χ0) is 14.8. The molecule has 110 valence electrons. The predicted octanol–water partition coefficient (Wildman–Crippen LogP) is 2.44. The highest BCUT2D eigenvalue weighted by molar-refractivity contribution is 5.95. The molecule has 1 fully saturated rings. The fourth-order valence-electron chi connectivity index (χ4n) is 2.81. The largest absolute Gasteiger partial charge is 0.409 e. The van der Waals surface area contributed by atoms with Gasteiger partial charge in [-0.15, -0.1) is 0 Å². The molecular formula is C15H24N4O. The summed E-state index contributed by atoms with van der Waals surface area (Å²) in [6, 6.07) is 3.86. The molecule has 5 heteroatoms. The van der Waals surface area contributed by atoms with Crippen LogP contribution in [0.25, 0.3) is 0 Å². The molecular weight excluding hydrogens is 252 g/mol. The van der Waals surface area contributed by atoms with Crippen molar-refractivity contribution in [3.63, 3.8) is 0 Å². The number of rotatable bonds is 2. The van der Waals surface area contributed by atoms with E-state index >= 15 is 0 Å². The number of pyridine rings is 1. The van der Waals surface area contributed by atoms with E-state index in [-0.39, 0.29) is 5.84 Å². The van der Waals surface area contributed by atoms with E-state index in [4.69, 9.17) is 10.9 Å². The molecule has 0 amide bonds. The van der Waals surface area contributed by atoms with E-state index in [1.54, 1.807) is 6.20 Å². The minimum atomic E-state index is 0.0522. The van der Waals surface area contributed by atoms with Crippen molar-refractivity contribution in [2.75, 3.05) is 18.0 Å². The average molecular weight is 276 g/mol. The smallest absolute Gasteiger partial charge is 0.188 e. The van der Waals surface area contributed by atoms with Crippen molar-refractivity contribution in [2.24, 2.45) is 22.2 Å². The quantitative estimate of drug-likeness (QED) is 0.376. The van der Waals surface area contributed by atoms with Gasteiger partial charge in [0.25, 0.3) is 0 Å². The Labute approximate surface area is 120 Å². The van der Waals surface area contributed by atoms with E-state index < -0.39 is 0 Å². The number of oxime groups is 1. The molecule has 1 aliphatic rings. The van der Waals surface area contributed by atoms with E-state index in [2.05, 4.69) is 35.8 Å². The zero-order valence-corrected chi connectivity index (χ0v) is 12.5. The molecule has 1 saturated heterocycles. The Morgan fingerprint density at radius 2 is 2.05 bits per heavy atom. The van der Waals surface area contributed by atoms with Crippen LogP contribution >= 0.6 is 0 Å². The zero-order valence-electron chi connectivity index (χ0n) is 12.5. The first kappa shape index (κ1) is 14.6. The maximum Gasteiger partial charge on any atom is 0.188 e. The summed E-state index contributed by atoms with van der Waals surface area (Å²) in [6.07, 6.45) is 4.11. The van der Waals surface area contributed by atoms with Gasteiger partial charge >= 0.3 is 0 Å². The van der Waals surface area contributed by atoms with Gasteiger partial charge in [0.1, 0.15) is 5.69 Å². The number of aromatic nitrogens is 1. The number of nitrogens with zero attached hydrogens (tertiary/aromatic N) is 3. The lowest BCUT2D eigenvalue weighted by Gasteiger charge is -2.39. The first-order chi connectivity index (χ1) is 9.41. The third-order valence-corrected chi connectivity index (χ3v) is 4.20. The van der Waals surface area contributed by atoms with Crippen LogP contribution in [0.1, 0.15) is 39.3 Å². The van der Waals surface area contributed by atoms with Crippen LogP contribution in [0, 0.1) is 11.3 Å². The summed E-state index contributed by atoms with van der Waals surface area (Å²) in [5.41, 5.74) is 7.58. The summed E-state index contributed by atoms with van der Waals surface area (Å²) in [6.45, 7) is 9.03. The molecule has 1 aromatic heterocycles. The maximum atomic E-state index is 8.72. The van der Waals surface area contributed by atoms with Crippen molar-refractivity contribution in [1.29, 1.82) is 0 Å². The van der Waals surface area contributed by atoms with Gasteiger partial charge in [-0.25, -0.2) is 0 Å². The van der Waals surface area contributed by atoms with Crippen molar-refractivity contribution in [3.05, 3.63) is 24.0 Å². The molecule has 2 rings (SSSR count). The summed E-state index contributed by atoms with van der Waals surface area (Å²) >= 11 is 0. The van der Waals surface area contributed by atoms with E-state index in [9.17, 15) is 0 Å². The van der Waals surface area contributed by atoms with Crippen LogP contribution in [0.15, 0.2) is 23.5 Å². The molecule has 20 heavy (non-hydrogen) atoms. The van der Waals surface area contributed by atoms with Crippen LogP contribution < -0.4 is 10.6 Å². The van der Waals surface area contributed by atoms with Crippen molar-refractivity contribution in [2.45, 2.75) is 33.6 Å². The molecule has 0 saturated carbocycles. The number of piperidine rings is 1. The summed E-state index contributed by atoms with van der Waals surface area (Å²) < 4.78 is 0. The molecule has 0 bridgehead atoms. The molecule has 0 radical (unpaired) electrons. The van der Waals surface area contributed by atoms with Crippen LogP contribution in [0.4, 0.5) is 5.69 Å². The van der Waals surface area contributed by atoms with Crippen molar-refractivity contribution < 1.29 is 5.21 Å². The summed E-state index contributed by atoms with van der Waals surface area (Å²) in [4.78, 5) is 6.46. The minimum absolute atomic E-state index is 0.0522. The second-order valence-electron chi connectivity index (χ2n) is 6.51. The Bertz CT molecular complexity index is 485. The van der Waals surface area contributed by atoms with Crippen molar-refractivity contribution >= 4 is 11.5 Å². The number of hydrogen-bond donors (Lipinski definition) is 2. The van der Waals surface area contributed by atoms with Gasteiger partial charge in [-0.2, -0.15) is 0 Å². The van der Waals surface area contributed by atoms with E-state index in [0.29, 0.717) is 11.1 Å². The highest BCUT2D eigenvalue weighted by atomic mass is 16.4. The molecule has 0 atom stereocenters. The first-order valence-corrected chi connectivity index (χ1v) is 7.10. The van der Waals surface area contributed by atoms with E-state index in [1.807, 2.05) is 12.1 Å². The first-order valence-electron chi connectivity index (χ1n) is 7.10. The lowest BCUT2D eigenvalue weighted by atomic mass is 9.75. The molecule has 0 spiro atoms. The Morgan fingerprint density at radius 1 is 1.40 bits per heavy atom. The number of hydrogen-bond acceptors (Lipinski definition) is 4. The molecule has 1 aromatic rings. The fraction of sp³-hybridized carbons (Fsp3) is 0.600. The van der Waals surface area contributed by atoms with Gasteiger partial charge in [0.2, 0.25) is 0 Å². The summed E-state index contributed by atoms with van der Waals surface area (Å²) in [7, 11) is 0. The average Bonchev–Trinajstić information content (AvgIpc) is 2.46. The van der Waals surface area contributed by atoms with E-state index in [0.717, 1.165) is 24.7 Å². The van der Waals surface area contributed by atoms with Gasteiger partial charge in [0.05, 0.1) is 0 Å². The highest BCUT2D eigenvalue weighted by Crippen LogP contribution is 2.35. The second-order valence-corrected chi connectivity index (χ2v) is 6.51. The SMILES string of the molecule is CC(C)(C)C1CCN(c2ccnc(C(N)=NO)c2)CC1. The Hall–Kier alpha value is -1.78. The molecule has 0 aliphatic carbocycles. The van der Waals surface area contributed by atoms with Gasteiger partial charge in [-0.05, 0) is 36.3 Å². The predicted molar refractivity (Wildman–Crippen MR) is 81.1 cm³/mol. The molecule has 5 nitrogen and oxygen atoms in total. The van der Waals surface area contributed by atoms with Crippen molar-refractivity contribution in [3.8, 4) is 0 Å². The number of nitrogens with two attached hydrogens (primary N) is 1. The van der Waals surface area contributed by atoms with Crippen LogP contribution in [0.3, 0.4) is 0 Å². The Balaban J connectivity index is 2.08. The maximum absolute atomic E-state index is 8.72. The summed E-state index contributed by atoms with van der Waals surface area (Å²) in [5, 5.41) is 11.7. The van der Waals surface area contributed by atoms with Gasteiger partial charge in [-0.3, -0.25) is 4.98 Å². The van der Waals surface area contributed by atoms with Gasteiger partial charge in [0.15, 0.2) is 5.84 Å².